The molecule has 1 heterocycles. The molecular weight excluding hydrogens is 250 g/mol. The number of amides is 1. The molecule has 3 N–H and O–H groups in total. The highest BCUT2D eigenvalue weighted by atomic mass is 16.2. The molecule has 2 rings (SSSR count). The monoisotopic (exact) mass is 269 g/mol. The first-order chi connectivity index (χ1) is 9.51. The maximum absolute atomic E-state index is 12.4. The van der Waals surface area contributed by atoms with Gasteiger partial charge in [-0.15, -0.1) is 0 Å². The van der Waals surface area contributed by atoms with Crippen LogP contribution in [-0.4, -0.2) is 10.9 Å². The molecule has 0 aliphatic heterocycles. The largest absolute Gasteiger partial charge is 0.348 e. The van der Waals surface area contributed by atoms with E-state index >= 15 is 0 Å². The number of pyridine rings is 1. The van der Waals surface area contributed by atoms with Crippen LogP contribution in [0.1, 0.15) is 31.0 Å². The number of nitrogens with two attached hydrogens (primary N) is 1. The number of nitrogens with one attached hydrogen (secondary N) is 1. The van der Waals surface area contributed by atoms with E-state index in [9.17, 15) is 4.79 Å². The molecule has 1 aromatic heterocycles. The van der Waals surface area contributed by atoms with Crippen LogP contribution in [0, 0.1) is 0 Å². The Hall–Kier alpha value is -2.20. The number of nitrogens with zero attached hydrogens (tertiary/aromatic N) is 1. The van der Waals surface area contributed by atoms with Gasteiger partial charge in [-0.25, -0.2) is 0 Å². The summed E-state index contributed by atoms with van der Waals surface area (Å²) >= 11 is 0. The molecule has 2 atom stereocenters. The molecule has 0 radical (unpaired) electrons. The van der Waals surface area contributed by atoms with Crippen LogP contribution in [0.5, 0.6) is 0 Å². The lowest BCUT2D eigenvalue weighted by molar-refractivity contribution is -0.126. The van der Waals surface area contributed by atoms with Crippen LogP contribution in [0.3, 0.4) is 0 Å². The van der Waals surface area contributed by atoms with Gasteiger partial charge in [0.2, 0.25) is 5.91 Å². The Morgan fingerprint density at radius 3 is 2.40 bits per heavy atom. The summed E-state index contributed by atoms with van der Waals surface area (Å²) in [6.45, 7) is 3.64. The summed E-state index contributed by atoms with van der Waals surface area (Å²) in [6, 6.07) is 13.0. The summed E-state index contributed by atoms with van der Waals surface area (Å²) in [7, 11) is 0. The van der Waals surface area contributed by atoms with E-state index in [4.69, 9.17) is 5.73 Å². The van der Waals surface area contributed by atoms with Crippen LogP contribution < -0.4 is 11.1 Å². The van der Waals surface area contributed by atoms with Crippen LogP contribution in [0.4, 0.5) is 0 Å². The summed E-state index contributed by atoms with van der Waals surface area (Å²) in [5.41, 5.74) is 6.92. The third-order valence-corrected chi connectivity index (χ3v) is 3.40. The van der Waals surface area contributed by atoms with Gasteiger partial charge >= 0.3 is 0 Å². The fourth-order valence-electron chi connectivity index (χ4n) is 2.00. The molecule has 4 heteroatoms. The summed E-state index contributed by atoms with van der Waals surface area (Å²) in [6.07, 6.45) is 3.41. The first kappa shape index (κ1) is 14.2. The van der Waals surface area contributed by atoms with E-state index < -0.39 is 5.54 Å². The molecule has 1 amide bonds. The van der Waals surface area contributed by atoms with E-state index in [0.29, 0.717) is 0 Å². The van der Waals surface area contributed by atoms with Crippen molar-refractivity contribution in [1.82, 2.24) is 10.3 Å². The number of carbonyl (C=O) groups is 1. The minimum Gasteiger partial charge on any atom is -0.348 e. The molecule has 1 aromatic carbocycles. The highest BCUT2D eigenvalue weighted by molar-refractivity contribution is 5.87. The molecule has 0 aliphatic rings. The van der Waals surface area contributed by atoms with E-state index in [1.807, 2.05) is 49.4 Å². The minimum absolute atomic E-state index is 0.114. The molecule has 104 valence electrons. The molecule has 4 nitrogen and oxygen atoms in total. The van der Waals surface area contributed by atoms with Gasteiger partial charge in [0.15, 0.2) is 0 Å². The van der Waals surface area contributed by atoms with Gasteiger partial charge in [0.25, 0.3) is 0 Å². The second-order valence-corrected chi connectivity index (χ2v) is 5.04. The summed E-state index contributed by atoms with van der Waals surface area (Å²) in [4.78, 5) is 16.4. The fraction of sp³-hybridized carbons (Fsp3) is 0.250. The smallest absolute Gasteiger partial charge is 0.244 e. The van der Waals surface area contributed by atoms with E-state index in [1.54, 1.807) is 19.3 Å². The second-order valence-electron chi connectivity index (χ2n) is 5.04. The Morgan fingerprint density at radius 1 is 1.20 bits per heavy atom. The number of carbonyl (C=O) groups excluding carboxylic acids is 1. The maximum Gasteiger partial charge on any atom is 0.244 e. The van der Waals surface area contributed by atoms with Gasteiger partial charge in [-0.2, -0.15) is 0 Å². The van der Waals surface area contributed by atoms with Gasteiger partial charge in [-0.3, -0.25) is 9.78 Å². The third kappa shape index (κ3) is 3.03. The Labute approximate surface area is 119 Å². The summed E-state index contributed by atoms with van der Waals surface area (Å²) in [5, 5.41) is 2.94. The highest BCUT2D eigenvalue weighted by Gasteiger charge is 2.31. The number of hydrogen-bond acceptors (Lipinski definition) is 3. The Kier molecular flexibility index (Phi) is 4.15. The molecule has 20 heavy (non-hydrogen) atoms. The number of aromatic nitrogens is 1. The van der Waals surface area contributed by atoms with Gasteiger partial charge in [0, 0.05) is 12.4 Å². The zero-order valence-corrected chi connectivity index (χ0v) is 11.7. The lowest BCUT2D eigenvalue weighted by atomic mass is 9.92. The number of rotatable bonds is 4. The van der Waals surface area contributed by atoms with Gasteiger partial charge in [0.05, 0.1) is 6.04 Å². The second kappa shape index (κ2) is 5.84. The predicted octanol–water partition coefficient (Wildman–Crippen LogP) is 2.13. The molecular formula is C16H19N3O. The normalized spacial score (nSPS) is 15.2. The van der Waals surface area contributed by atoms with Crippen molar-refractivity contribution < 1.29 is 4.79 Å². The van der Waals surface area contributed by atoms with Gasteiger partial charge in [-0.1, -0.05) is 30.3 Å². The lowest BCUT2D eigenvalue weighted by Crippen LogP contribution is -2.49. The molecule has 0 bridgehead atoms. The van der Waals surface area contributed by atoms with E-state index in [0.717, 1.165) is 11.1 Å². The quantitative estimate of drug-likeness (QED) is 0.893. The predicted molar refractivity (Wildman–Crippen MR) is 78.8 cm³/mol. The lowest BCUT2D eigenvalue weighted by Gasteiger charge is -2.26. The first-order valence-corrected chi connectivity index (χ1v) is 6.57. The van der Waals surface area contributed by atoms with Crippen LogP contribution in [0.25, 0.3) is 0 Å². The highest BCUT2D eigenvalue weighted by Crippen LogP contribution is 2.19. The summed E-state index contributed by atoms with van der Waals surface area (Å²) < 4.78 is 0. The van der Waals surface area contributed by atoms with Gasteiger partial charge in [0.1, 0.15) is 5.54 Å². The zero-order chi connectivity index (χ0) is 14.6. The average Bonchev–Trinajstić information content (AvgIpc) is 2.49. The standard InChI is InChI=1S/C16H19N3O/c1-12(13-8-10-18-11-9-13)19-15(20)16(2,17)14-6-4-3-5-7-14/h3-12H,17H2,1-2H3,(H,19,20)/t12-,16?/m1/s1. The van der Waals surface area contributed by atoms with Crippen LogP contribution in [0.2, 0.25) is 0 Å². The van der Waals surface area contributed by atoms with Crippen LogP contribution in [-0.2, 0) is 10.3 Å². The topological polar surface area (TPSA) is 68.0 Å². The SMILES string of the molecule is C[C@@H](NC(=O)C(C)(N)c1ccccc1)c1ccncc1. The Balaban J connectivity index is 2.12. The summed E-state index contributed by atoms with van der Waals surface area (Å²) in [5.74, 6) is -0.201. The van der Waals surface area contributed by atoms with Gasteiger partial charge in [-0.05, 0) is 37.1 Å². The average molecular weight is 269 g/mol. The van der Waals surface area contributed by atoms with Crippen molar-refractivity contribution in [2.24, 2.45) is 5.73 Å². The first-order valence-electron chi connectivity index (χ1n) is 6.57. The van der Waals surface area contributed by atoms with E-state index in [1.165, 1.54) is 0 Å². The Morgan fingerprint density at radius 2 is 1.80 bits per heavy atom. The molecule has 0 spiro atoms. The Bertz CT molecular complexity index is 567. The van der Waals surface area contributed by atoms with E-state index in [2.05, 4.69) is 10.3 Å². The van der Waals surface area contributed by atoms with Gasteiger partial charge < -0.3 is 11.1 Å². The molecule has 1 unspecified atom stereocenters. The molecule has 2 aromatic rings. The third-order valence-electron chi connectivity index (χ3n) is 3.40. The van der Waals surface area contributed by atoms with E-state index in [-0.39, 0.29) is 11.9 Å². The van der Waals surface area contributed by atoms with Crippen molar-refractivity contribution >= 4 is 5.91 Å². The van der Waals surface area contributed by atoms with Crippen molar-refractivity contribution in [3.05, 3.63) is 66.0 Å². The molecule has 0 aliphatic carbocycles. The van der Waals surface area contributed by atoms with Crippen molar-refractivity contribution in [2.45, 2.75) is 25.4 Å². The number of benzene rings is 1. The minimum atomic E-state index is -1.05. The van der Waals surface area contributed by atoms with Crippen molar-refractivity contribution in [2.75, 3.05) is 0 Å². The molecule has 0 fully saturated rings. The van der Waals surface area contributed by atoms with Crippen molar-refractivity contribution in [3.63, 3.8) is 0 Å². The van der Waals surface area contributed by atoms with Crippen LogP contribution in [0.15, 0.2) is 54.9 Å². The van der Waals surface area contributed by atoms with Crippen molar-refractivity contribution in [3.8, 4) is 0 Å². The molecule has 0 saturated carbocycles. The van der Waals surface area contributed by atoms with Crippen molar-refractivity contribution in [1.29, 1.82) is 0 Å². The maximum atomic E-state index is 12.4. The fourth-order valence-corrected chi connectivity index (χ4v) is 2.00. The zero-order valence-electron chi connectivity index (χ0n) is 11.7. The number of hydrogen-bond donors (Lipinski definition) is 2. The van der Waals surface area contributed by atoms with Crippen LogP contribution >= 0.6 is 0 Å². The molecule has 0 saturated heterocycles.